The zero-order valence-corrected chi connectivity index (χ0v) is 24.0. The lowest BCUT2D eigenvalue weighted by atomic mass is 9.83. The van der Waals surface area contributed by atoms with Gasteiger partial charge in [0, 0.05) is 26.0 Å². The third-order valence-corrected chi connectivity index (χ3v) is 10.1. The summed E-state index contributed by atoms with van der Waals surface area (Å²) in [5.74, 6) is -2.28. The maximum Gasteiger partial charge on any atom is 0.308 e. The standard InChI is InChI=1S/C28H19BrClN3O4S2/c29-16-8-6-15(7-9-16)21-22-23(26(36)33(25(22)35)19-12-10-17(30)11-13-19)38-27-24(21)39-28(37)32(27)14-20(34)31-18-4-2-1-3-5-18/h1-13,21-23H,14H2,(H,31,34)/t21-,22-,23+/m0/s1. The van der Waals surface area contributed by atoms with Gasteiger partial charge in [-0.25, -0.2) is 4.90 Å². The van der Waals surface area contributed by atoms with Crippen LogP contribution in [-0.2, 0) is 20.9 Å². The van der Waals surface area contributed by atoms with Crippen LogP contribution in [0.25, 0.3) is 0 Å². The number of rotatable bonds is 5. The molecule has 196 valence electrons. The second-order valence-corrected chi connectivity index (χ2v) is 12.6. The molecule has 2 aliphatic heterocycles. The molecule has 0 spiro atoms. The van der Waals surface area contributed by atoms with Crippen molar-refractivity contribution >= 4 is 79.7 Å². The van der Waals surface area contributed by atoms with Crippen LogP contribution in [0.4, 0.5) is 11.4 Å². The first-order valence-corrected chi connectivity index (χ1v) is 14.8. The number of nitrogens with zero attached hydrogens (tertiary/aromatic N) is 2. The van der Waals surface area contributed by atoms with Crippen molar-refractivity contribution in [1.82, 2.24) is 4.57 Å². The number of benzene rings is 3. The Bertz CT molecular complexity index is 1660. The van der Waals surface area contributed by atoms with E-state index in [0.29, 0.717) is 26.3 Å². The number of thiazole rings is 1. The van der Waals surface area contributed by atoms with E-state index in [0.717, 1.165) is 21.4 Å². The highest BCUT2D eigenvalue weighted by molar-refractivity contribution is 9.10. The quantitative estimate of drug-likeness (QED) is 0.280. The molecule has 0 radical (unpaired) electrons. The predicted octanol–water partition coefficient (Wildman–Crippen LogP) is 5.76. The Morgan fingerprint density at radius 2 is 1.62 bits per heavy atom. The number of thioether (sulfide) groups is 1. The van der Waals surface area contributed by atoms with Crippen LogP contribution < -0.4 is 15.1 Å². The Morgan fingerprint density at radius 3 is 2.31 bits per heavy atom. The number of hydrogen-bond donors (Lipinski definition) is 1. The summed E-state index contributed by atoms with van der Waals surface area (Å²) >= 11 is 11.7. The molecule has 0 saturated carbocycles. The SMILES string of the molecule is O=C(Cn1c2c(sc1=O)[C@@H](c1ccc(Br)cc1)[C@@H]1C(=O)N(c3ccc(Cl)cc3)C(=O)[C@@H]1S2)Nc1ccccc1. The first kappa shape index (κ1) is 26.1. The van der Waals surface area contributed by atoms with Crippen molar-refractivity contribution in [1.29, 1.82) is 0 Å². The highest BCUT2D eigenvalue weighted by Crippen LogP contribution is 2.54. The topological polar surface area (TPSA) is 88.5 Å². The second-order valence-electron chi connectivity index (χ2n) is 9.12. The number of carbonyl (C=O) groups is 3. The van der Waals surface area contributed by atoms with E-state index in [-0.39, 0.29) is 29.1 Å². The lowest BCUT2D eigenvalue weighted by Crippen LogP contribution is -2.33. The number of halogens is 2. The minimum absolute atomic E-state index is 0.208. The van der Waals surface area contributed by atoms with Crippen molar-refractivity contribution in [2.24, 2.45) is 5.92 Å². The molecule has 3 aromatic carbocycles. The molecule has 6 rings (SSSR count). The van der Waals surface area contributed by atoms with Crippen LogP contribution in [0.5, 0.6) is 0 Å². The maximum atomic E-state index is 13.9. The third kappa shape index (κ3) is 4.75. The number of amides is 3. The van der Waals surface area contributed by atoms with E-state index in [1.807, 2.05) is 42.5 Å². The predicted molar refractivity (Wildman–Crippen MR) is 157 cm³/mol. The van der Waals surface area contributed by atoms with E-state index in [9.17, 15) is 19.2 Å². The van der Waals surface area contributed by atoms with Crippen LogP contribution in [0.15, 0.2) is 93.2 Å². The first-order chi connectivity index (χ1) is 18.8. The molecule has 0 aliphatic carbocycles. The van der Waals surface area contributed by atoms with Gasteiger partial charge < -0.3 is 5.32 Å². The molecule has 1 aromatic heterocycles. The largest absolute Gasteiger partial charge is 0.325 e. The summed E-state index contributed by atoms with van der Waals surface area (Å²) in [6.07, 6.45) is 0. The normalized spacial score (nSPS) is 20.1. The van der Waals surface area contributed by atoms with Gasteiger partial charge in [-0.15, -0.1) is 0 Å². The molecule has 2 aliphatic rings. The highest BCUT2D eigenvalue weighted by Gasteiger charge is 2.56. The summed E-state index contributed by atoms with van der Waals surface area (Å²) in [5, 5.41) is 3.09. The van der Waals surface area contributed by atoms with E-state index >= 15 is 0 Å². The van der Waals surface area contributed by atoms with E-state index in [2.05, 4.69) is 21.2 Å². The van der Waals surface area contributed by atoms with E-state index in [4.69, 9.17) is 11.6 Å². The molecule has 39 heavy (non-hydrogen) atoms. The van der Waals surface area contributed by atoms with Gasteiger partial charge in [0.25, 0.3) is 0 Å². The smallest absolute Gasteiger partial charge is 0.308 e. The molecular formula is C28H19BrClN3O4S2. The number of nitrogens with one attached hydrogen (secondary N) is 1. The number of para-hydroxylation sites is 1. The minimum Gasteiger partial charge on any atom is -0.325 e. The lowest BCUT2D eigenvalue weighted by Gasteiger charge is -2.30. The number of fused-ring (bicyclic) bond motifs is 2. The molecule has 0 unspecified atom stereocenters. The molecule has 11 heteroatoms. The fourth-order valence-electron chi connectivity index (χ4n) is 4.99. The van der Waals surface area contributed by atoms with Crippen molar-refractivity contribution in [2.45, 2.75) is 22.7 Å². The van der Waals surface area contributed by atoms with Gasteiger partial charge in [-0.2, -0.15) is 0 Å². The molecule has 1 N–H and O–H groups in total. The van der Waals surface area contributed by atoms with Gasteiger partial charge in [0.05, 0.1) is 16.6 Å². The van der Waals surface area contributed by atoms with Crippen molar-refractivity contribution in [3.63, 3.8) is 0 Å². The molecule has 3 heterocycles. The zero-order chi connectivity index (χ0) is 27.3. The Hall–Kier alpha value is -3.18. The molecule has 1 saturated heterocycles. The molecule has 0 bridgehead atoms. The third-order valence-electron chi connectivity index (χ3n) is 6.72. The van der Waals surface area contributed by atoms with Crippen molar-refractivity contribution in [3.8, 4) is 0 Å². The summed E-state index contributed by atoms with van der Waals surface area (Å²) in [5.41, 5.74) is 1.88. The Morgan fingerprint density at radius 1 is 0.923 bits per heavy atom. The number of carbonyl (C=O) groups excluding carboxylic acids is 3. The van der Waals surface area contributed by atoms with E-state index in [1.165, 1.54) is 21.2 Å². The van der Waals surface area contributed by atoms with Crippen molar-refractivity contribution in [3.05, 3.63) is 108 Å². The fraction of sp³-hybridized carbons (Fsp3) is 0.143. The fourth-order valence-corrected chi connectivity index (χ4v) is 8.16. The highest BCUT2D eigenvalue weighted by atomic mass is 79.9. The summed E-state index contributed by atoms with van der Waals surface area (Å²) in [4.78, 5) is 55.3. The van der Waals surface area contributed by atoms with Crippen LogP contribution >= 0.6 is 50.6 Å². The molecule has 3 atom stereocenters. The van der Waals surface area contributed by atoms with Crippen molar-refractivity contribution < 1.29 is 14.4 Å². The van der Waals surface area contributed by atoms with Crippen molar-refractivity contribution in [2.75, 3.05) is 10.2 Å². The lowest BCUT2D eigenvalue weighted by molar-refractivity contribution is -0.122. The minimum atomic E-state index is -0.758. The molecule has 1 fully saturated rings. The van der Waals surface area contributed by atoms with Gasteiger partial charge in [0.2, 0.25) is 17.7 Å². The van der Waals surface area contributed by atoms with Crippen LogP contribution in [0, 0.1) is 5.92 Å². The Balaban J connectivity index is 1.42. The average molecular weight is 641 g/mol. The van der Waals surface area contributed by atoms with Crippen LogP contribution in [0.1, 0.15) is 16.4 Å². The zero-order valence-electron chi connectivity index (χ0n) is 20.0. The number of imide groups is 1. The van der Waals surface area contributed by atoms with Crippen LogP contribution in [0.3, 0.4) is 0 Å². The number of hydrogen-bond acceptors (Lipinski definition) is 6. The van der Waals surface area contributed by atoms with Gasteiger partial charge >= 0.3 is 4.87 Å². The second kappa shape index (κ2) is 10.4. The van der Waals surface area contributed by atoms with E-state index in [1.54, 1.807) is 36.4 Å². The summed E-state index contributed by atoms with van der Waals surface area (Å²) in [7, 11) is 0. The summed E-state index contributed by atoms with van der Waals surface area (Å²) < 4.78 is 2.28. The van der Waals surface area contributed by atoms with Gasteiger partial charge in [-0.3, -0.25) is 23.7 Å². The summed E-state index contributed by atoms with van der Waals surface area (Å²) in [6.45, 7) is -0.208. The molecular weight excluding hydrogens is 622 g/mol. The van der Waals surface area contributed by atoms with Gasteiger partial charge in [0.15, 0.2) is 0 Å². The number of aromatic nitrogens is 1. The van der Waals surface area contributed by atoms with Gasteiger partial charge in [-0.05, 0) is 54.1 Å². The van der Waals surface area contributed by atoms with Crippen LogP contribution in [-0.4, -0.2) is 27.5 Å². The van der Waals surface area contributed by atoms with Gasteiger partial charge in [0.1, 0.15) is 11.8 Å². The Kier molecular flexibility index (Phi) is 6.96. The Labute approximate surface area is 244 Å². The van der Waals surface area contributed by atoms with Gasteiger partial charge in [-0.1, -0.05) is 81.0 Å². The maximum absolute atomic E-state index is 13.9. The molecule has 3 amide bonds. The summed E-state index contributed by atoms with van der Waals surface area (Å²) in [6, 6.07) is 23.1. The van der Waals surface area contributed by atoms with E-state index < -0.39 is 17.1 Å². The average Bonchev–Trinajstić information content (AvgIpc) is 3.36. The number of anilines is 2. The molecule has 4 aromatic rings. The monoisotopic (exact) mass is 639 g/mol. The first-order valence-electron chi connectivity index (χ1n) is 12.0. The van der Waals surface area contributed by atoms with Crippen LogP contribution in [0.2, 0.25) is 5.02 Å². The molecule has 7 nitrogen and oxygen atoms in total.